The number of benzene rings is 2. The Kier molecular flexibility index (Phi) is 4.27. The Labute approximate surface area is 116 Å². The molecule has 0 aliphatic heterocycles. The highest BCUT2D eigenvalue weighted by Crippen LogP contribution is 2.22. The molecule has 4 heteroatoms. The van der Waals surface area contributed by atoms with Crippen LogP contribution in [0, 0.1) is 0 Å². The van der Waals surface area contributed by atoms with E-state index in [1.165, 1.54) is 7.11 Å². The molecule has 0 bridgehead atoms. The average Bonchev–Trinajstić information content (AvgIpc) is 2.53. The second-order valence-electron chi connectivity index (χ2n) is 4.26. The van der Waals surface area contributed by atoms with Crippen LogP contribution in [0.2, 0.25) is 0 Å². The van der Waals surface area contributed by atoms with Crippen LogP contribution in [0.5, 0.6) is 0 Å². The third-order valence-electron chi connectivity index (χ3n) is 3.08. The van der Waals surface area contributed by atoms with E-state index in [4.69, 9.17) is 5.11 Å². The van der Waals surface area contributed by atoms with Gasteiger partial charge in [0.2, 0.25) is 0 Å². The Morgan fingerprint density at radius 3 is 2.35 bits per heavy atom. The van der Waals surface area contributed by atoms with Crippen LogP contribution >= 0.6 is 0 Å². The van der Waals surface area contributed by atoms with Gasteiger partial charge in [0.25, 0.3) is 0 Å². The Bertz CT molecular complexity index is 629. The van der Waals surface area contributed by atoms with Crippen molar-refractivity contribution in [3.8, 4) is 11.1 Å². The Hall–Kier alpha value is -2.46. The summed E-state index contributed by atoms with van der Waals surface area (Å²) in [4.78, 5) is 22.3. The first kappa shape index (κ1) is 14.0. The zero-order chi connectivity index (χ0) is 14.5. The molecule has 0 atom stereocenters. The Morgan fingerprint density at radius 2 is 1.80 bits per heavy atom. The summed E-state index contributed by atoms with van der Waals surface area (Å²) in [5, 5.41) is 9.13. The van der Waals surface area contributed by atoms with Crippen molar-refractivity contribution in [3.05, 3.63) is 59.2 Å². The number of carbonyl (C=O) groups excluding carboxylic acids is 2. The summed E-state index contributed by atoms with van der Waals surface area (Å²) < 4.78 is 4.64. The molecule has 1 N–H and O–H groups in total. The van der Waals surface area contributed by atoms with Crippen molar-refractivity contribution in [2.75, 3.05) is 7.11 Å². The molecular formula is C16H14O4. The number of hydrogen-bond acceptors (Lipinski definition) is 4. The number of aldehydes is 1. The van der Waals surface area contributed by atoms with Crippen LogP contribution in [0.25, 0.3) is 11.1 Å². The van der Waals surface area contributed by atoms with E-state index in [0.29, 0.717) is 16.7 Å². The maximum atomic E-state index is 11.3. The Morgan fingerprint density at radius 1 is 1.15 bits per heavy atom. The standard InChI is InChI=1S/C16H14O4/c1-20-16(19)12-4-2-11(3-5-12)13-6-7-14(9-17)15(8-13)10-18/h2-8,10,17H,9H2,1H3. The number of esters is 1. The van der Waals surface area contributed by atoms with Crippen molar-refractivity contribution in [2.45, 2.75) is 6.61 Å². The van der Waals surface area contributed by atoms with Crippen LogP contribution in [0.4, 0.5) is 0 Å². The maximum absolute atomic E-state index is 11.3. The quantitative estimate of drug-likeness (QED) is 0.684. The van der Waals surface area contributed by atoms with E-state index in [-0.39, 0.29) is 12.6 Å². The van der Waals surface area contributed by atoms with Crippen molar-refractivity contribution in [3.63, 3.8) is 0 Å². The molecule has 20 heavy (non-hydrogen) atoms. The predicted octanol–water partition coefficient (Wildman–Crippen LogP) is 2.45. The normalized spacial score (nSPS) is 10.1. The monoisotopic (exact) mass is 270 g/mol. The number of methoxy groups -OCH3 is 1. The molecule has 0 aliphatic carbocycles. The van der Waals surface area contributed by atoms with Crippen molar-refractivity contribution >= 4 is 12.3 Å². The summed E-state index contributed by atoms with van der Waals surface area (Å²) >= 11 is 0. The number of aliphatic hydroxyl groups excluding tert-OH is 1. The van der Waals surface area contributed by atoms with Crippen LogP contribution in [0.15, 0.2) is 42.5 Å². The molecular weight excluding hydrogens is 256 g/mol. The minimum absolute atomic E-state index is 0.171. The van der Waals surface area contributed by atoms with E-state index in [1.807, 2.05) is 6.07 Å². The highest BCUT2D eigenvalue weighted by atomic mass is 16.5. The minimum atomic E-state index is -0.388. The lowest BCUT2D eigenvalue weighted by Gasteiger charge is -2.07. The van der Waals surface area contributed by atoms with Gasteiger partial charge in [0.1, 0.15) is 6.29 Å². The van der Waals surface area contributed by atoms with Gasteiger partial charge in [-0.1, -0.05) is 24.3 Å². The molecule has 0 aliphatic rings. The lowest BCUT2D eigenvalue weighted by atomic mass is 9.99. The van der Waals surface area contributed by atoms with Gasteiger partial charge in [0.15, 0.2) is 0 Å². The predicted molar refractivity (Wildman–Crippen MR) is 74.5 cm³/mol. The largest absolute Gasteiger partial charge is 0.465 e. The number of carbonyl (C=O) groups is 2. The molecule has 0 spiro atoms. The van der Waals surface area contributed by atoms with Gasteiger partial charge >= 0.3 is 5.97 Å². The van der Waals surface area contributed by atoms with E-state index >= 15 is 0 Å². The van der Waals surface area contributed by atoms with Gasteiger partial charge in [0, 0.05) is 5.56 Å². The highest BCUT2D eigenvalue weighted by molar-refractivity contribution is 5.90. The smallest absolute Gasteiger partial charge is 0.337 e. The van der Waals surface area contributed by atoms with Crippen LogP contribution in [0.3, 0.4) is 0 Å². The molecule has 102 valence electrons. The fourth-order valence-electron chi connectivity index (χ4n) is 1.94. The third-order valence-corrected chi connectivity index (χ3v) is 3.08. The lowest BCUT2D eigenvalue weighted by Crippen LogP contribution is -2.00. The van der Waals surface area contributed by atoms with Crippen molar-refractivity contribution in [1.29, 1.82) is 0 Å². The van der Waals surface area contributed by atoms with Gasteiger partial charge in [-0.05, 0) is 34.9 Å². The molecule has 0 fully saturated rings. The van der Waals surface area contributed by atoms with Gasteiger partial charge in [-0.3, -0.25) is 4.79 Å². The fourth-order valence-corrected chi connectivity index (χ4v) is 1.94. The summed E-state index contributed by atoms with van der Waals surface area (Å²) in [5.41, 5.74) is 3.25. The average molecular weight is 270 g/mol. The van der Waals surface area contributed by atoms with Crippen LogP contribution in [-0.4, -0.2) is 24.5 Å². The van der Waals surface area contributed by atoms with E-state index in [2.05, 4.69) is 4.74 Å². The summed E-state index contributed by atoms with van der Waals surface area (Å²) in [5.74, 6) is -0.388. The molecule has 4 nitrogen and oxygen atoms in total. The fraction of sp³-hybridized carbons (Fsp3) is 0.125. The van der Waals surface area contributed by atoms with Gasteiger partial charge in [-0.25, -0.2) is 4.79 Å². The van der Waals surface area contributed by atoms with Gasteiger partial charge in [-0.15, -0.1) is 0 Å². The van der Waals surface area contributed by atoms with Crippen molar-refractivity contribution < 1.29 is 19.4 Å². The lowest BCUT2D eigenvalue weighted by molar-refractivity contribution is 0.0600. The van der Waals surface area contributed by atoms with Gasteiger partial charge in [-0.2, -0.15) is 0 Å². The van der Waals surface area contributed by atoms with E-state index in [0.717, 1.165) is 17.4 Å². The van der Waals surface area contributed by atoms with E-state index < -0.39 is 0 Å². The first-order chi connectivity index (χ1) is 9.69. The van der Waals surface area contributed by atoms with Crippen LogP contribution < -0.4 is 0 Å². The van der Waals surface area contributed by atoms with Crippen molar-refractivity contribution in [1.82, 2.24) is 0 Å². The number of hydrogen-bond donors (Lipinski definition) is 1. The molecule has 0 unspecified atom stereocenters. The topological polar surface area (TPSA) is 63.6 Å². The molecule has 0 aromatic heterocycles. The molecule has 0 heterocycles. The van der Waals surface area contributed by atoms with E-state index in [9.17, 15) is 9.59 Å². The molecule has 0 saturated heterocycles. The SMILES string of the molecule is COC(=O)c1ccc(-c2ccc(CO)c(C=O)c2)cc1. The zero-order valence-electron chi connectivity index (χ0n) is 11.0. The molecule has 0 amide bonds. The molecule has 0 radical (unpaired) electrons. The summed E-state index contributed by atoms with van der Waals surface area (Å²) in [6, 6.07) is 12.2. The molecule has 2 aromatic rings. The molecule has 2 rings (SSSR count). The number of aliphatic hydroxyl groups is 1. The second-order valence-corrected chi connectivity index (χ2v) is 4.26. The maximum Gasteiger partial charge on any atom is 0.337 e. The molecule has 2 aromatic carbocycles. The highest BCUT2D eigenvalue weighted by Gasteiger charge is 2.07. The molecule has 0 saturated carbocycles. The first-order valence-electron chi connectivity index (χ1n) is 6.07. The number of ether oxygens (including phenoxy) is 1. The number of rotatable bonds is 4. The Balaban J connectivity index is 2.36. The summed E-state index contributed by atoms with van der Waals surface area (Å²) in [6.45, 7) is -0.171. The third kappa shape index (κ3) is 2.75. The van der Waals surface area contributed by atoms with Gasteiger partial charge < -0.3 is 9.84 Å². The van der Waals surface area contributed by atoms with E-state index in [1.54, 1.807) is 36.4 Å². The van der Waals surface area contributed by atoms with Gasteiger partial charge in [0.05, 0.1) is 19.3 Å². The van der Waals surface area contributed by atoms with Crippen LogP contribution in [-0.2, 0) is 11.3 Å². The second kappa shape index (κ2) is 6.12. The summed E-state index contributed by atoms with van der Waals surface area (Å²) in [7, 11) is 1.33. The summed E-state index contributed by atoms with van der Waals surface area (Å²) in [6.07, 6.45) is 0.720. The van der Waals surface area contributed by atoms with Crippen molar-refractivity contribution in [2.24, 2.45) is 0 Å². The first-order valence-corrected chi connectivity index (χ1v) is 6.07. The zero-order valence-corrected chi connectivity index (χ0v) is 11.0. The van der Waals surface area contributed by atoms with Crippen LogP contribution in [0.1, 0.15) is 26.3 Å². The minimum Gasteiger partial charge on any atom is -0.465 e.